The first kappa shape index (κ1) is 19.1. The molecule has 1 atom stereocenters. The first-order valence-corrected chi connectivity index (χ1v) is 8.08. The summed E-state index contributed by atoms with van der Waals surface area (Å²) in [5.74, 6) is -1.30. The maximum atomic E-state index is 12.3. The van der Waals surface area contributed by atoms with Gasteiger partial charge >= 0.3 is 11.9 Å². The molecule has 0 aliphatic rings. The van der Waals surface area contributed by atoms with E-state index in [1.807, 2.05) is 19.1 Å². The van der Waals surface area contributed by atoms with Crippen LogP contribution in [-0.2, 0) is 14.3 Å². The molecule has 2 aromatic carbocycles. The molecule has 0 saturated carbocycles. The number of rotatable bonds is 6. The molecule has 0 unspecified atom stereocenters. The van der Waals surface area contributed by atoms with Crippen molar-refractivity contribution < 1.29 is 23.9 Å². The standard InChI is InChI=1S/C21H20O5/c1-14-4-9-17(10-5-14)20(23)15(2)26-19(22)13-8-16-6-11-18(12-7-16)21(24)25-3/h4-13,15H,1-3H3/b13-8+/t15-/m1/s1. The van der Waals surface area contributed by atoms with E-state index >= 15 is 0 Å². The number of ketones is 1. The normalized spacial score (nSPS) is 11.8. The zero-order valence-corrected chi connectivity index (χ0v) is 14.9. The summed E-state index contributed by atoms with van der Waals surface area (Å²) < 4.78 is 9.77. The van der Waals surface area contributed by atoms with Crippen molar-refractivity contribution in [1.29, 1.82) is 0 Å². The Morgan fingerprint density at radius 2 is 1.50 bits per heavy atom. The smallest absolute Gasteiger partial charge is 0.337 e. The number of esters is 2. The third-order valence-corrected chi connectivity index (χ3v) is 3.74. The minimum absolute atomic E-state index is 0.255. The number of Topliss-reactive ketones (excluding diaryl/α,β-unsaturated/α-hetero) is 1. The topological polar surface area (TPSA) is 69.7 Å². The summed E-state index contributed by atoms with van der Waals surface area (Å²) in [5, 5.41) is 0. The zero-order chi connectivity index (χ0) is 19.1. The second kappa shape index (κ2) is 8.76. The molecule has 0 fully saturated rings. The number of aryl methyl sites for hydroxylation is 1. The number of carbonyl (C=O) groups excluding carboxylic acids is 3. The van der Waals surface area contributed by atoms with E-state index in [0.717, 1.165) is 5.56 Å². The van der Waals surface area contributed by atoms with Crippen LogP contribution in [0.15, 0.2) is 54.6 Å². The van der Waals surface area contributed by atoms with Crippen molar-refractivity contribution in [3.05, 3.63) is 76.9 Å². The van der Waals surface area contributed by atoms with Crippen LogP contribution in [0.2, 0.25) is 0 Å². The van der Waals surface area contributed by atoms with Crippen LogP contribution in [0, 0.1) is 6.92 Å². The molecule has 0 saturated heterocycles. The van der Waals surface area contributed by atoms with Gasteiger partial charge in [0.05, 0.1) is 12.7 Å². The van der Waals surface area contributed by atoms with Gasteiger partial charge in [-0.2, -0.15) is 0 Å². The molecule has 0 heterocycles. The average molecular weight is 352 g/mol. The van der Waals surface area contributed by atoms with Crippen molar-refractivity contribution in [2.45, 2.75) is 20.0 Å². The summed E-state index contributed by atoms with van der Waals surface area (Å²) in [5.41, 5.74) is 2.68. The maximum Gasteiger partial charge on any atom is 0.337 e. The molecule has 0 aromatic heterocycles. The molecular weight excluding hydrogens is 332 g/mol. The quantitative estimate of drug-likeness (QED) is 0.451. The summed E-state index contributed by atoms with van der Waals surface area (Å²) in [6.45, 7) is 3.47. The second-order valence-electron chi connectivity index (χ2n) is 5.76. The van der Waals surface area contributed by atoms with Crippen molar-refractivity contribution in [2.75, 3.05) is 7.11 Å². The van der Waals surface area contributed by atoms with Crippen molar-refractivity contribution in [3.8, 4) is 0 Å². The van der Waals surface area contributed by atoms with Gasteiger partial charge < -0.3 is 9.47 Å². The van der Waals surface area contributed by atoms with Crippen molar-refractivity contribution >= 4 is 23.8 Å². The molecule has 0 bridgehead atoms. The molecule has 0 N–H and O–H groups in total. The van der Waals surface area contributed by atoms with Gasteiger partial charge in [-0.15, -0.1) is 0 Å². The molecule has 0 radical (unpaired) electrons. The van der Waals surface area contributed by atoms with Gasteiger partial charge in [-0.05, 0) is 37.6 Å². The average Bonchev–Trinajstić information content (AvgIpc) is 2.66. The lowest BCUT2D eigenvalue weighted by Gasteiger charge is -2.11. The maximum absolute atomic E-state index is 12.3. The van der Waals surface area contributed by atoms with Crippen molar-refractivity contribution in [1.82, 2.24) is 0 Å². The van der Waals surface area contributed by atoms with Crippen LogP contribution in [-0.4, -0.2) is 30.9 Å². The van der Waals surface area contributed by atoms with Gasteiger partial charge in [0.2, 0.25) is 5.78 Å². The Balaban J connectivity index is 1.94. The fourth-order valence-corrected chi connectivity index (χ4v) is 2.23. The van der Waals surface area contributed by atoms with Gasteiger partial charge in [0.25, 0.3) is 0 Å². The Labute approximate surface area is 152 Å². The molecule has 5 heteroatoms. The number of methoxy groups -OCH3 is 1. The molecule has 134 valence electrons. The lowest BCUT2D eigenvalue weighted by molar-refractivity contribution is -0.140. The second-order valence-corrected chi connectivity index (χ2v) is 5.76. The van der Waals surface area contributed by atoms with Crippen molar-refractivity contribution in [2.24, 2.45) is 0 Å². The Bertz CT molecular complexity index is 816. The first-order valence-electron chi connectivity index (χ1n) is 8.08. The van der Waals surface area contributed by atoms with Crippen LogP contribution in [0.25, 0.3) is 6.08 Å². The number of hydrogen-bond donors (Lipinski definition) is 0. The molecule has 0 aliphatic carbocycles. The summed E-state index contributed by atoms with van der Waals surface area (Å²) in [4.78, 5) is 35.5. The van der Waals surface area contributed by atoms with E-state index in [1.54, 1.807) is 49.4 Å². The monoisotopic (exact) mass is 352 g/mol. The van der Waals surface area contributed by atoms with E-state index in [9.17, 15) is 14.4 Å². The summed E-state index contributed by atoms with van der Waals surface area (Å²) in [6, 6.07) is 13.6. The van der Waals surface area contributed by atoms with Gasteiger partial charge in [0.15, 0.2) is 6.10 Å². The fourth-order valence-electron chi connectivity index (χ4n) is 2.23. The summed E-state index contributed by atoms with van der Waals surface area (Å²) in [6.07, 6.45) is 1.91. The van der Waals surface area contributed by atoms with E-state index in [4.69, 9.17) is 4.74 Å². The largest absolute Gasteiger partial charge is 0.465 e. The molecule has 26 heavy (non-hydrogen) atoms. The SMILES string of the molecule is COC(=O)c1ccc(/C=C/C(=O)O[C@H](C)C(=O)c2ccc(C)cc2)cc1. The Hall–Kier alpha value is -3.21. The third kappa shape index (κ3) is 5.14. The van der Waals surface area contributed by atoms with Gasteiger partial charge in [0, 0.05) is 11.6 Å². The first-order chi connectivity index (χ1) is 12.4. The van der Waals surface area contributed by atoms with Gasteiger partial charge in [-0.25, -0.2) is 9.59 Å². The van der Waals surface area contributed by atoms with E-state index in [1.165, 1.54) is 13.2 Å². The van der Waals surface area contributed by atoms with Crippen LogP contribution >= 0.6 is 0 Å². The number of hydrogen-bond acceptors (Lipinski definition) is 5. The van der Waals surface area contributed by atoms with E-state index < -0.39 is 18.0 Å². The van der Waals surface area contributed by atoms with Crippen LogP contribution in [0.4, 0.5) is 0 Å². The van der Waals surface area contributed by atoms with Crippen LogP contribution in [0.1, 0.15) is 38.8 Å². The Morgan fingerprint density at radius 3 is 2.08 bits per heavy atom. The Morgan fingerprint density at radius 1 is 0.923 bits per heavy atom. The van der Waals surface area contributed by atoms with Crippen LogP contribution in [0.3, 0.4) is 0 Å². The Kier molecular flexibility index (Phi) is 6.44. The van der Waals surface area contributed by atoms with Gasteiger partial charge in [-0.1, -0.05) is 42.0 Å². The lowest BCUT2D eigenvalue weighted by Crippen LogP contribution is -2.23. The fraction of sp³-hybridized carbons (Fsp3) is 0.190. The van der Waals surface area contributed by atoms with E-state index in [2.05, 4.69) is 4.74 Å². The van der Waals surface area contributed by atoms with Crippen LogP contribution < -0.4 is 0 Å². The molecule has 5 nitrogen and oxygen atoms in total. The minimum Gasteiger partial charge on any atom is -0.465 e. The highest BCUT2D eigenvalue weighted by molar-refractivity contribution is 6.01. The predicted molar refractivity (Wildman–Crippen MR) is 97.9 cm³/mol. The highest BCUT2D eigenvalue weighted by atomic mass is 16.5. The zero-order valence-electron chi connectivity index (χ0n) is 14.9. The molecular formula is C21H20O5. The molecule has 2 rings (SSSR count). The highest BCUT2D eigenvalue weighted by Gasteiger charge is 2.18. The van der Waals surface area contributed by atoms with Gasteiger partial charge in [0.1, 0.15) is 0 Å². The summed E-state index contributed by atoms with van der Waals surface area (Å²) in [7, 11) is 1.31. The number of ether oxygens (including phenoxy) is 2. The summed E-state index contributed by atoms with van der Waals surface area (Å²) >= 11 is 0. The molecule has 0 amide bonds. The third-order valence-electron chi connectivity index (χ3n) is 3.74. The molecule has 0 spiro atoms. The van der Waals surface area contributed by atoms with Crippen LogP contribution in [0.5, 0.6) is 0 Å². The minimum atomic E-state index is -0.878. The molecule has 0 aliphatic heterocycles. The highest BCUT2D eigenvalue weighted by Crippen LogP contribution is 2.10. The van der Waals surface area contributed by atoms with E-state index in [0.29, 0.717) is 16.7 Å². The predicted octanol–water partition coefficient (Wildman–Crippen LogP) is 3.61. The lowest BCUT2D eigenvalue weighted by atomic mass is 10.1. The van der Waals surface area contributed by atoms with E-state index in [-0.39, 0.29) is 5.78 Å². The van der Waals surface area contributed by atoms with Gasteiger partial charge in [-0.3, -0.25) is 4.79 Å². The molecule has 2 aromatic rings. The van der Waals surface area contributed by atoms with Crippen molar-refractivity contribution in [3.63, 3.8) is 0 Å². The number of benzene rings is 2. The number of carbonyl (C=O) groups is 3.